The molecule has 1 aromatic carbocycles. The molecule has 92 valence electrons. The first-order valence-electron chi connectivity index (χ1n) is 4.56. The zero-order valence-corrected chi connectivity index (χ0v) is 10.3. The van der Waals surface area contributed by atoms with Crippen LogP contribution in [0.1, 0.15) is 17.3 Å². The number of hydrogen-bond donors (Lipinski definition) is 2. The molecule has 0 aliphatic carbocycles. The van der Waals surface area contributed by atoms with E-state index in [0.29, 0.717) is 6.07 Å². The van der Waals surface area contributed by atoms with Gasteiger partial charge in [0.15, 0.2) is 0 Å². The van der Waals surface area contributed by atoms with Gasteiger partial charge in [0.25, 0.3) is 5.91 Å². The van der Waals surface area contributed by atoms with Crippen molar-refractivity contribution in [2.75, 3.05) is 5.32 Å². The van der Waals surface area contributed by atoms with Crippen LogP contribution in [0.5, 0.6) is 0 Å². The maximum absolute atomic E-state index is 13.3. The van der Waals surface area contributed by atoms with E-state index < -0.39 is 33.8 Å². The van der Waals surface area contributed by atoms with Crippen LogP contribution >= 0.6 is 15.9 Å². The van der Waals surface area contributed by atoms with Crippen molar-refractivity contribution >= 4 is 33.4 Å². The highest BCUT2D eigenvalue weighted by atomic mass is 79.9. The van der Waals surface area contributed by atoms with Crippen molar-refractivity contribution in [2.45, 2.75) is 11.8 Å². The van der Waals surface area contributed by atoms with E-state index in [2.05, 4.69) is 21.2 Å². The number of nitrogens with one attached hydrogen (secondary N) is 1. The van der Waals surface area contributed by atoms with Gasteiger partial charge in [-0.25, -0.2) is 8.78 Å². The molecular weight excluding hydrogens is 298 g/mol. The second kappa shape index (κ2) is 5.22. The monoisotopic (exact) mass is 306 g/mol. The van der Waals surface area contributed by atoms with Crippen LogP contribution in [0.3, 0.4) is 0 Å². The molecule has 0 fully saturated rings. The van der Waals surface area contributed by atoms with Crippen LogP contribution in [0.4, 0.5) is 14.5 Å². The molecule has 1 aromatic rings. The zero-order chi connectivity index (χ0) is 13.2. The summed E-state index contributed by atoms with van der Waals surface area (Å²) in [6.45, 7) is 1.53. The number of nitrogens with two attached hydrogens (primary N) is 1. The third kappa shape index (κ3) is 3.23. The van der Waals surface area contributed by atoms with Gasteiger partial charge in [0.2, 0.25) is 5.91 Å². The highest BCUT2D eigenvalue weighted by molar-refractivity contribution is 9.10. The van der Waals surface area contributed by atoms with Crippen molar-refractivity contribution in [2.24, 2.45) is 5.73 Å². The van der Waals surface area contributed by atoms with Gasteiger partial charge in [-0.1, -0.05) is 15.9 Å². The molecule has 0 bridgehead atoms. The molecule has 1 atom stereocenters. The van der Waals surface area contributed by atoms with Gasteiger partial charge in [0, 0.05) is 6.07 Å². The topological polar surface area (TPSA) is 72.2 Å². The molecule has 0 saturated heterocycles. The Morgan fingerprint density at radius 2 is 1.94 bits per heavy atom. The van der Waals surface area contributed by atoms with Crippen LogP contribution < -0.4 is 11.1 Å². The molecule has 0 saturated carbocycles. The fourth-order valence-corrected chi connectivity index (χ4v) is 1.18. The van der Waals surface area contributed by atoms with Gasteiger partial charge >= 0.3 is 0 Å². The Morgan fingerprint density at radius 3 is 2.41 bits per heavy atom. The van der Waals surface area contributed by atoms with E-state index in [1.165, 1.54) is 6.92 Å². The summed E-state index contributed by atoms with van der Waals surface area (Å²) in [5.41, 5.74) is 4.12. The van der Waals surface area contributed by atoms with Gasteiger partial charge in [-0.3, -0.25) is 9.59 Å². The molecule has 1 unspecified atom stereocenters. The zero-order valence-electron chi connectivity index (χ0n) is 8.76. The van der Waals surface area contributed by atoms with E-state index in [1.807, 2.05) is 0 Å². The predicted octanol–water partition coefficient (Wildman–Crippen LogP) is 1.79. The minimum atomic E-state index is -1.07. The van der Waals surface area contributed by atoms with Crippen molar-refractivity contribution < 1.29 is 18.4 Å². The van der Waals surface area contributed by atoms with Crippen LogP contribution in [0.15, 0.2) is 12.1 Å². The summed E-state index contributed by atoms with van der Waals surface area (Å²) in [5, 5.41) is 2.20. The SMILES string of the molecule is CC(Br)C(=O)Nc1cc(C(N)=O)c(F)cc1F. The smallest absolute Gasteiger partial charge is 0.251 e. The van der Waals surface area contributed by atoms with Crippen molar-refractivity contribution in [3.8, 4) is 0 Å². The standard InChI is InChI=1S/C10H9BrF2N2O2/c1-4(11)10(17)15-8-2-5(9(14)16)6(12)3-7(8)13/h2-4H,1H3,(H2,14,16)(H,15,17). The third-order valence-corrected chi connectivity index (χ3v) is 2.36. The molecule has 0 radical (unpaired) electrons. The van der Waals surface area contributed by atoms with Gasteiger partial charge in [0.1, 0.15) is 11.6 Å². The first-order chi connectivity index (χ1) is 7.82. The summed E-state index contributed by atoms with van der Waals surface area (Å²) in [4.78, 5) is 21.6. The van der Waals surface area contributed by atoms with Crippen molar-refractivity contribution in [1.82, 2.24) is 0 Å². The molecule has 7 heteroatoms. The number of primary amides is 1. The summed E-state index contributed by atoms with van der Waals surface area (Å²) in [6, 6.07) is 1.36. The lowest BCUT2D eigenvalue weighted by molar-refractivity contribution is -0.115. The second-order valence-electron chi connectivity index (χ2n) is 3.28. The lowest BCUT2D eigenvalue weighted by atomic mass is 10.1. The normalized spacial score (nSPS) is 12.0. The fourth-order valence-electron chi connectivity index (χ4n) is 1.07. The van der Waals surface area contributed by atoms with Crippen LogP contribution in [0.25, 0.3) is 0 Å². The van der Waals surface area contributed by atoms with Crippen molar-refractivity contribution in [1.29, 1.82) is 0 Å². The maximum atomic E-state index is 13.3. The number of alkyl halides is 1. The molecule has 0 aromatic heterocycles. The van der Waals surface area contributed by atoms with E-state index in [-0.39, 0.29) is 5.69 Å². The molecule has 0 aliphatic heterocycles. The quantitative estimate of drug-likeness (QED) is 0.836. The first kappa shape index (κ1) is 13.6. The van der Waals surface area contributed by atoms with Crippen LogP contribution in [-0.4, -0.2) is 16.6 Å². The molecule has 0 heterocycles. The Labute approximate surface area is 104 Å². The van der Waals surface area contributed by atoms with Crippen molar-refractivity contribution in [3.63, 3.8) is 0 Å². The Kier molecular flexibility index (Phi) is 4.17. The molecule has 0 spiro atoms. The van der Waals surface area contributed by atoms with E-state index in [4.69, 9.17) is 5.73 Å². The average molecular weight is 307 g/mol. The average Bonchev–Trinajstić information content (AvgIpc) is 2.21. The first-order valence-corrected chi connectivity index (χ1v) is 5.48. The molecule has 2 amide bonds. The largest absolute Gasteiger partial charge is 0.366 e. The van der Waals surface area contributed by atoms with Gasteiger partial charge in [-0.05, 0) is 13.0 Å². The number of halogens is 3. The number of amides is 2. The second-order valence-corrected chi connectivity index (χ2v) is 4.65. The molecule has 4 nitrogen and oxygen atoms in total. The molecular formula is C10H9BrF2N2O2. The number of benzene rings is 1. The summed E-state index contributed by atoms with van der Waals surface area (Å²) < 4.78 is 26.4. The Bertz CT molecular complexity index is 478. The van der Waals surface area contributed by atoms with Gasteiger partial charge < -0.3 is 11.1 Å². The van der Waals surface area contributed by atoms with Crippen LogP contribution in [-0.2, 0) is 4.79 Å². The fraction of sp³-hybridized carbons (Fsp3) is 0.200. The Balaban J connectivity index is 3.12. The van der Waals surface area contributed by atoms with Gasteiger partial charge in [-0.2, -0.15) is 0 Å². The Hall–Kier alpha value is -1.50. The number of carbonyl (C=O) groups is 2. The molecule has 0 aliphatic rings. The van der Waals surface area contributed by atoms with Gasteiger partial charge in [-0.15, -0.1) is 0 Å². The van der Waals surface area contributed by atoms with E-state index in [9.17, 15) is 18.4 Å². The lowest BCUT2D eigenvalue weighted by Crippen LogP contribution is -2.22. The van der Waals surface area contributed by atoms with Gasteiger partial charge in [0.05, 0.1) is 16.1 Å². The number of rotatable bonds is 3. The van der Waals surface area contributed by atoms with E-state index in [0.717, 1.165) is 6.07 Å². The molecule has 3 N–H and O–H groups in total. The summed E-state index contributed by atoms with van der Waals surface area (Å²) in [6.07, 6.45) is 0. The lowest BCUT2D eigenvalue weighted by Gasteiger charge is -2.09. The maximum Gasteiger partial charge on any atom is 0.251 e. The van der Waals surface area contributed by atoms with E-state index >= 15 is 0 Å². The molecule has 17 heavy (non-hydrogen) atoms. The minimum absolute atomic E-state index is 0.295. The number of anilines is 1. The number of hydrogen-bond acceptors (Lipinski definition) is 2. The highest BCUT2D eigenvalue weighted by Crippen LogP contribution is 2.20. The Morgan fingerprint density at radius 1 is 1.35 bits per heavy atom. The highest BCUT2D eigenvalue weighted by Gasteiger charge is 2.16. The van der Waals surface area contributed by atoms with Crippen LogP contribution in [0, 0.1) is 11.6 Å². The predicted molar refractivity (Wildman–Crippen MR) is 61.9 cm³/mol. The van der Waals surface area contributed by atoms with Crippen molar-refractivity contribution in [3.05, 3.63) is 29.3 Å². The summed E-state index contributed by atoms with van der Waals surface area (Å²) in [7, 11) is 0. The van der Waals surface area contributed by atoms with Crippen LogP contribution in [0.2, 0.25) is 0 Å². The number of carbonyl (C=O) groups excluding carboxylic acids is 2. The summed E-state index contributed by atoms with van der Waals surface area (Å²) in [5.74, 6) is -3.61. The molecule has 1 rings (SSSR count). The third-order valence-electron chi connectivity index (χ3n) is 1.94. The summed E-state index contributed by atoms with van der Waals surface area (Å²) >= 11 is 2.98. The van der Waals surface area contributed by atoms with E-state index in [1.54, 1.807) is 0 Å². The minimum Gasteiger partial charge on any atom is -0.366 e.